The molecule has 1 aromatic heterocycles. The Kier molecular flexibility index (Phi) is 5.33. The molecular formula is C16H19F2N3. The van der Waals surface area contributed by atoms with Crippen molar-refractivity contribution in [1.82, 2.24) is 15.3 Å². The molecule has 1 aromatic carbocycles. The Labute approximate surface area is 123 Å². The van der Waals surface area contributed by atoms with Gasteiger partial charge in [0.15, 0.2) is 0 Å². The van der Waals surface area contributed by atoms with Crippen LogP contribution in [0.3, 0.4) is 0 Å². The molecule has 0 bridgehead atoms. The van der Waals surface area contributed by atoms with E-state index in [2.05, 4.69) is 22.2 Å². The van der Waals surface area contributed by atoms with Gasteiger partial charge in [-0.2, -0.15) is 0 Å². The molecular weight excluding hydrogens is 272 g/mol. The predicted octanol–water partition coefficient (Wildman–Crippen LogP) is 3.35. The molecule has 0 aliphatic heterocycles. The third-order valence-corrected chi connectivity index (χ3v) is 3.16. The molecule has 1 atom stereocenters. The highest BCUT2D eigenvalue weighted by atomic mass is 19.1. The van der Waals surface area contributed by atoms with Gasteiger partial charge in [-0.3, -0.25) is 9.97 Å². The van der Waals surface area contributed by atoms with Crippen LogP contribution in [0.4, 0.5) is 8.78 Å². The molecule has 21 heavy (non-hydrogen) atoms. The second-order valence-corrected chi connectivity index (χ2v) is 5.07. The van der Waals surface area contributed by atoms with Crippen molar-refractivity contribution in [1.29, 1.82) is 0 Å². The smallest absolute Gasteiger partial charge is 0.126 e. The summed E-state index contributed by atoms with van der Waals surface area (Å²) < 4.78 is 26.6. The van der Waals surface area contributed by atoms with Gasteiger partial charge in [-0.1, -0.05) is 6.92 Å². The SMILES string of the molecule is CCCNC(Cc1cc(F)cc(F)c1)c1cnc(C)cn1. The molecule has 0 aliphatic carbocycles. The number of halogens is 2. The summed E-state index contributed by atoms with van der Waals surface area (Å²) in [7, 11) is 0. The molecule has 1 N–H and O–H groups in total. The number of nitrogens with zero attached hydrogens (tertiary/aromatic N) is 2. The van der Waals surface area contributed by atoms with Crippen LogP contribution in [0.1, 0.15) is 36.3 Å². The summed E-state index contributed by atoms with van der Waals surface area (Å²) in [5.41, 5.74) is 2.21. The summed E-state index contributed by atoms with van der Waals surface area (Å²) in [5.74, 6) is -1.12. The van der Waals surface area contributed by atoms with Gasteiger partial charge in [-0.05, 0) is 44.0 Å². The van der Waals surface area contributed by atoms with Gasteiger partial charge in [-0.25, -0.2) is 8.78 Å². The van der Waals surface area contributed by atoms with E-state index >= 15 is 0 Å². The summed E-state index contributed by atoms with van der Waals surface area (Å²) >= 11 is 0. The summed E-state index contributed by atoms with van der Waals surface area (Å²) in [6.45, 7) is 4.73. The van der Waals surface area contributed by atoms with E-state index in [0.717, 1.165) is 30.4 Å². The van der Waals surface area contributed by atoms with E-state index in [1.807, 2.05) is 6.92 Å². The maximum absolute atomic E-state index is 13.3. The Morgan fingerprint density at radius 3 is 2.38 bits per heavy atom. The Bertz CT molecular complexity index is 564. The standard InChI is InChI=1S/C16H19F2N3/c1-3-4-19-15(16-10-20-11(2)9-21-16)7-12-5-13(17)8-14(18)6-12/h5-6,8-10,15,19H,3-4,7H2,1-2H3. The highest BCUT2D eigenvalue weighted by molar-refractivity contribution is 5.21. The Morgan fingerprint density at radius 1 is 1.10 bits per heavy atom. The van der Waals surface area contributed by atoms with Crippen LogP contribution in [0.25, 0.3) is 0 Å². The van der Waals surface area contributed by atoms with E-state index in [-0.39, 0.29) is 6.04 Å². The third kappa shape index (κ3) is 4.56. The van der Waals surface area contributed by atoms with E-state index < -0.39 is 11.6 Å². The number of aromatic nitrogens is 2. The molecule has 0 saturated heterocycles. The van der Waals surface area contributed by atoms with Gasteiger partial charge < -0.3 is 5.32 Å². The van der Waals surface area contributed by atoms with Crippen molar-refractivity contribution < 1.29 is 8.78 Å². The average Bonchev–Trinajstić information content (AvgIpc) is 2.43. The zero-order chi connectivity index (χ0) is 15.2. The summed E-state index contributed by atoms with van der Waals surface area (Å²) in [5, 5.41) is 3.35. The van der Waals surface area contributed by atoms with E-state index in [1.165, 1.54) is 12.1 Å². The maximum Gasteiger partial charge on any atom is 0.126 e. The summed E-state index contributed by atoms with van der Waals surface area (Å²) in [6, 6.07) is 3.47. The van der Waals surface area contributed by atoms with Gasteiger partial charge in [0.1, 0.15) is 11.6 Å². The van der Waals surface area contributed by atoms with Crippen LogP contribution in [-0.4, -0.2) is 16.5 Å². The first-order valence-corrected chi connectivity index (χ1v) is 7.05. The van der Waals surface area contributed by atoms with Gasteiger partial charge in [0.05, 0.1) is 23.6 Å². The van der Waals surface area contributed by atoms with Crippen molar-refractivity contribution in [2.75, 3.05) is 6.54 Å². The monoisotopic (exact) mass is 291 g/mol. The number of aryl methyl sites for hydroxylation is 1. The minimum atomic E-state index is -0.561. The van der Waals surface area contributed by atoms with Gasteiger partial charge in [0.25, 0.3) is 0 Å². The molecule has 1 heterocycles. The third-order valence-electron chi connectivity index (χ3n) is 3.16. The van der Waals surface area contributed by atoms with E-state index in [4.69, 9.17) is 0 Å². The molecule has 0 fully saturated rings. The van der Waals surface area contributed by atoms with Crippen LogP contribution in [0.2, 0.25) is 0 Å². The van der Waals surface area contributed by atoms with Crippen LogP contribution < -0.4 is 5.32 Å². The summed E-state index contributed by atoms with van der Waals surface area (Å²) in [4.78, 5) is 8.59. The van der Waals surface area contributed by atoms with Crippen molar-refractivity contribution in [3.05, 3.63) is 59.2 Å². The van der Waals surface area contributed by atoms with Crippen molar-refractivity contribution >= 4 is 0 Å². The zero-order valence-corrected chi connectivity index (χ0v) is 12.2. The van der Waals surface area contributed by atoms with Crippen molar-refractivity contribution in [3.8, 4) is 0 Å². The largest absolute Gasteiger partial charge is 0.308 e. The number of hydrogen-bond acceptors (Lipinski definition) is 3. The van der Waals surface area contributed by atoms with Gasteiger partial charge in [-0.15, -0.1) is 0 Å². The topological polar surface area (TPSA) is 37.8 Å². The number of hydrogen-bond donors (Lipinski definition) is 1. The molecule has 0 radical (unpaired) electrons. The van der Waals surface area contributed by atoms with Crippen LogP contribution in [0, 0.1) is 18.6 Å². The summed E-state index contributed by atoms with van der Waals surface area (Å²) in [6.07, 6.45) is 4.83. The molecule has 112 valence electrons. The van der Waals surface area contributed by atoms with Gasteiger partial charge in [0.2, 0.25) is 0 Å². The van der Waals surface area contributed by atoms with E-state index in [9.17, 15) is 8.78 Å². The lowest BCUT2D eigenvalue weighted by molar-refractivity contribution is 0.510. The molecule has 3 nitrogen and oxygen atoms in total. The number of rotatable bonds is 6. The van der Waals surface area contributed by atoms with Crippen molar-refractivity contribution in [2.45, 2.75) is 32.7 Å². The first-order valence-electron chi connectivity index (χ1n) is 7.05. The van der Waals surface area contributed by atoms with Crippen LogP contribution in [0.5, 0.6) is 0 Å². The highest BCUT2D eigenvalue weighted by Crippen LogP contribution is 2.18. The van der Waals surface area contributed by atoms with Crippen molar-refractivity contribution in [3.63, 3.8) is 0 Å². The van der Waals surface area contributed by atoms with Crippen LogP contribution in [0.15, 0.2) is 30.6 Å². The first-order chi connectivity index (χ1) is 10.1. The molecule has 2 aromatic rings. The molecule has 2 rings (SSSR count). The normalized spacial score (nSPS) is 12.4. The minimum absolute atomic E-state index is 0.112. The second kappa shape index (κ2) is 7.22. The lowest BCUT2D eigenvalue weighted by Gasteiger charge is -2.18. The van der Waals surface area contributed by atoms with Gasteiger partial charge in [0, 0.05) is 12.3 Å². The maximum atomic E-state index is 13.3. The Morgan fingerprint density at radius 2 is 1.81 bits per heavy atom. The van der Waals surface area contributed by atoms with E-state index in [1.54, 1.807) is 12.4 Å². The van der Waals surface area contributed by atoms with Crippen LogP contribution in [-0.2, 0) is 6.42 Å². The first kappa shape index (κ1) is 15.5. The predicted molar refractivity (Wildman–Crippen MR) is 77.9 cm³/mol. The fourth-order valence-electron chi connectivity index (χ4n) is 2.15. The quantitative estimate of drug-likeness (QED) is 0.887. The Hall–Kier alpha value is -1.88. The average molecular weight is 291 g/mol. The lowest BCUT2D eigenvalue weighted by Crippen LogP contribution is -2.25. The second-order valence-electron chi connectivity index (χ2n) is 5.07. The fraction of sp³-hybridized carbons (Fsp3) is 0.375. The highest BCUT2D eigenvalue weighted by Gasteiger charge is 2.14. The van der Waals surface area contributed by atoms with Crippen molar-refractivity contribution in [2.24, 2.45) is 0 Å². The number of nitrogens with one attached hydrogen (secondary N) is 1. The molecule has 1 unspecified atom stereocenters. The molecule has 0 saturated carbocycles. The fourth-order valence-corrected chi connectivity index (χ4v) is 2.15. The minimum Gasteiger partial charge on any atom is -0.308 e. The zero-order valence-electron chi connectivity index (χ0n) is 12.2. The number of benzene rings is 1. The molecule has 0 spiro atoms. The van der Waals surface area contributed by atoms with Crippen LogP contribution >= 0.6 is 0 Å². The lowest BCUT2D eigenvalue weighted by atomic mass is 10.0. The Balaban J connectivity index is 2.21. The molecule has 5 heteroatoms. The van der Waals surface area contributed by atoms with E-state index in [0.29, 0.717) is 12.0 Å². The van der Waals surface area contributed by atoms with Gasteiger partial charge >= 0.3 is 0 Å². The molecule has 0 aliphatic rings. The molecule has 0 amide bonds.